The number of carbonyl (C=O) groups excluding carboxylic acids is 1. The number of sulfonamides is 1. The van der Waals surface area contributed by atoms with E-state index in [1.165, 1.54) is 29.6 Å². The number of hydrogen-bond acceptors (Lipinski definition) is 6. The largest absolute Gasteiger partial charge is 0.484 e. The van der Waals surface area contributed by atoms with Gasteiger partial charge in [-0.1, -0.05) is 12.1 Å². The van der Waals surface area contributed by atoms with Crippen LogP contribution in [-0.4, -0.2) is 38.3 Å². The summed E-state index contributed by atoms with van der Waals surface area (Å²) in [6.07, 6.45) is 0. The number of carbonyl (C=O) groups is 1. The van der Waals surface area contributed by atoms with Crippen LogP contribution in [0.3, 0.4) is 0 Å². The number of benzene rings is 2. The predicted octanol–water partition coefficient (Wildman–Crippen LogP) is 2.52. The second kappa shape index (κ2) is 9.32. The molecule has 0 aliphatic carbocycles. The number of rotatable bonds is 8. The molecule has 164 valence electrons. The van der Waals surface area contributed by atoms with E-state index in [-0.39, 0.29) is 30.0 Å². The van der Waals surface area contributed by atoms with Gasteiger partial charge in [-0.2, -0.15) is 4.31 Å². The minimum absolute atomic E-state index is 0.150. The standard InChI is InChI=1S/C22H24N2O6S/c1-15(2)24(3)31(27,28)19-9-4-16(5-10-19)13-23-21(25)14-29-18-8-6-17-7-11-22(26)30-20(17)12-18/h4-12,15H,13-14H2,1-3H3,(H,23,25). The summed E-state index contributed by atoms with van der Waals surface area (Å²) in [5.74, 6) is 0.0617. The van der Waals surface area contributed by atoms with Crippen LogP contribution in [0.2, 0.25) is 0 Å². The Kier molecular flexibility index (Phi) is 6.77. The third-order valence-electron chi connectivity index (χ3n) is 4.78. The van der Waals surface area contributed by atoms with Crippen LogP contribution in [0.1, 0.15) is 19.4 Å². The lowest BCUT2D eigenvalue weighted by molar-refractivity contribution is -0.123. The summed E-state index contributed by atoms with van der Waals surface area (Å²) in [7, 11) is -2.01. The molecule has 3 rings (SSSR count). The van der Waals surface area contributed by atoms with E-state index < -0.39 is 15.6 Å². The van der Waals surface area contributed by atoms with E-state index in [2.05, 4.69) is 5.32 Å². The van der Waals surface area contributed by atoms with Gasteiger partial charge in [0.05, 0.1) is 4.90 Å². The average molecular weight is 445 g/mol. The maximum Gasteiger partial charge on any atom is 0.336 e. The minimum Gasteiger partial charge on any atom is -0.484 e. The van der Waals surface area contributed by atoms with Gasteiger partial charge in [0.25, 0.3) is 5.91 Å². The molecule has 2 aromatic carbocycles. The van der Waals surface area contributed by atoms with E-state index in [0.29, 0.717) is 11.3 Å². The molecular formula is C22H24N2O6S. The molecule has 0 radical (unpaired) electrons. The lowest BCUT2D eigenvalue weighted by atomic mass is 10.2. The van der Waals surface area contributed by atoms with E-state index in [9.17, 15) is 18.0 Å². The molecular weight excluding hydrogens is 420 g/mol. The van der Waals surface area contributed by atoms with Gasteiger partial charge < -0.3 is 14.5 Å². The first kappa shape index (κ1) is 22.5. The van der Waals surface area contributed by atoms with E-state index in [1.54, 1.807) is 50.2 Å². The molecule has 0 atom stereocenters. The van der Waals surface area contributed by atoms with Crippen molar-refractivity contribution in [1.29, 1.82) is 0 Å². The van der Waals surface area contributed by atoms with Crippen LogP contribution in [0, 0.1) is 0 Å². The molecule has 9 heteroatoms. The van der Waals surface area contributed by atoms with Crippen molar-refractivity contribution in [2.45, 2.75) is 31.3 Å². The molecule has 8 nitrogen and oxygen atoms in total. The molecule has 1 aromatic heterocycles. The van der Waals surface area contributed by atoms with E-state index in [1.807, 2.05) is 0 Å². The Labute approximate surface area is 180 Å². The van der Waals surface area contributed by atoms with Gasteiger partial charge in [0.2, 0.25) is 10.0 Å². The van der Waals surface area contributed by atoms with Gasteiger partial charge in [0.15, 0.2) is 6.61 Å². The van der Waals surface area contributed by atoms with Gasteiger partial charge in [-0.3, -0.25) is 4.79 Å². The smallest absolute Gasteiger partial charge is 0.336 e. The van der Waals surface area contributed by atoms with Gasteiger partial charge in [-0.25, -0.2) is 13.2 Å². The lowest BCUT2D eigenvalue weighted by Crippen LogP contribution is -2.33. The SMILES string of the molecule is CC(C)N(C)S(=O)(=O)c1ccc(CNC(=O)COc2ccc3ccc(=O)oc3c2)cc1. The van der Waals surface area contributed by atoms with E-state index in [4.69, 9.17) is 9.15 Å². The highest BCUT2D eigenvalue weighted by Gasteiger charge is 2.22. The molecule has 1 amide bonds. The molecule has 0 saturated heterocycles. The van der Waals surface area contributed by atoms with Crippen LogP contribution in [-0.2, 0) is 21.4 Å². The van der Waals surface area contributed by atoms with Gasteiger partial charge in [0, 0.05) is 37.2 Å². The number of fused-ring (bicyclic) bond motifs is 1. The van der Waals surface area contributed by atoms with Crippen LogP contribution in [0.25, 0.3) is 11.0 Å². The predicted molar refractivity (Wildman–Crippen MR) is 116 cm³/mol. The van der Waals surface area contributed by atoms with Crippen LogP contribution in [0.4, 0.5) is 0 Å². The number of hydrogen-bond donors (Lipinski definition) is 1. The number of ether oxygens (including phenoxy) is 1. The van der Waals surface area contributed by atoms with Crippen molar-refractivity contribution in [1.82, 2.24) is 9.62 Å². The molecule has 1 heterocycles. The summed E-state index contributed by atoms with van der Waals surface area (Å²) < 4.78 is 36.8. The molecule has 0 saturated carbocycles. The van der Waals surface area contributed by atoms with Crippen LogP contribution >= 0.6 is 0 Å². The molecule has 1 N–H and O–H groups in total. The quantitative estimate of drug-likeness (QED) is 0.535. The molecule has 31 heavy (non-hydrogen) atoms. The average Bonchev–Trinajstić information content (AvgIpc) is 2.75. The zero-order valence-corrected chi connectivity index (χ0v) is 18.3. The Balaban J connectivity index is 1.54. The summed E-state index contributed by atoms with van der Waals surface area (Å²) in [6, 6.07) is 14.2. The van der Waals surface area contributed by atoms with Crippen molar-refractivity contribution in [2.24, 2.45) is 0 Å². The maximum atomic E-state index is 12.5. The molecule has 0 bridgehead atoms. The molecule has 0 aliphatic rings. The Hall–Kier alpha value is -3.17. The Morgan fingerprint density at radius 3 is 2.45 bits per heavy atom. The molecule has 0 unspecified atom stereocenters. The molecule has 0 aliphatic heterocycles. The number of nitrogens with one attached hydrogen (secondary N) is 1. The highest BCUT2D eigenvalue weighted by Crippen LogP contribution is 2.19. The van der Waals surface area contributed by atoms with Crippen molar-refractivity contribution in [2.75, 3.05) is 13.7 Å². The zero-order chi connectivity index (χ0) is 22.6. The maximum absolute atomic E-state index is 12.5. The summed E-state index contributed by atoms with van der Waals surface area (Å²) in [4.78, 5) is 23.6. The summed E-state index contributed by atoms with van der Waals surface area (Å²) in [5, 5.41) is 3.47. The van der Waals surface area contributed by atoms with Gasteiger partial charge >= 0.3 is 5.63 Å². The van der Waals surface area contributed by atoms with Crippen molar-refractivity contribution in [3.8, 4) is 5.75 Å². The normalized spacial score (nSPS) is 11.8. The summed E-state index contributed by atoms with van der Waals surface area (Å²) in [6.45, 7) is 3.62. The Morgan fingerprint density at radius 2 is 1.77 bits per heavy atom. The fourth-order valence-corrected chi connectivity index (χ4v) is 4.12. The topological polar surface area (TPSA) is 106 Å². The highest BCUT2D eigenvalue weighted by atomic mass is 32.2. The lowest BCUT2D eigenvalue weighted by Gasteiger charge is -2.21. The van der Waals surface area contributed by atoms with E-state index in [0.717, 1.165) is 10.9 Å². The second-order valence-electron chi connectivity index (χ2n) is 7.28. The first-order valence-electron chi connectivity index (χ1n) is 9.67. The van der Waals surface area contributed by atoms with Crippen LogP contribution < -0.4 is 15.7 Å². The fourth-order valence-electron chi connectivity index (χ4n) is 2.75. The Bertz CT molecular complexity index is 1230. The van der Waals surface area contributed by atoms with Gasteiger partial charge in [-0.05, 0) is 49.7 Å². The number of amides is 1. The van der Waals surface area contributed by atoms with Crippen LogP contribution in [0.5, 0.6) is 5.75 Å². The van der Waals surface area contributed by atoms with Gasteiger partial charge in [0.1, 0.15) is 11.3 Å². The first-order chi connectivity index (χ1) is 14.7. The van der Waals surface area contributed by atoms with Crippen molar-refractivity contribution >= 4 is 26.9 Å². The third-order valence-corrected chi connectivity index (χ3v) is 6.83. The monoisotopic (exact) mass is 444 g/mol. The first-order valence-corrected chi connectivity index (χ1v) is 11.1. The minimum atomic E-state index is -3.55. The van der Waals surface area contributed by atoms with Crippen molar-refractivity contribution in [3.05, 3.63) is 70.6 Å². The Morgan fingerprint density at radius 1 is 1.10 bits per heavy atom. The third kappa shape index (κ3) is 5.50. The summed E-state index contributed by atoms with van der Waals surface area (Å²) in [5.41, 5.74) is 0.674. The molecule has 0 fully saturated rings. The number of nitrogens with zero attached hydrogens (tertiary/aromatic N) is 1. The van der Waals surface area contributed by atoms with Crippen molar-refractivity contribution < 1.29 is 22.4 Å². The highest BCUT2D eigenvalue weighted by molar-refractivity contribution is 7.89. The van der Waals surface area contributed by atoms with Gasteiger partial charge in [-0.15, -0.1) is 0 Å². The zero-order valence-electron chi connectivity index (χ0n) is 17.5. The molecule has 3 aromatic rings. The molecule has 0 spiro atoms. The van der Waals surface area contributed by atoms with Crippen molar-refractivity contribution in [3.63, 3.8) is 0 Å². The summed E-state index contributed by atoms with van der Waals surface area (Å²) >= 11 is 0. The van der Waals surface area contributed by atoms with Crippen LogP contribution in [0.15, 0.2) is 68.7 Å². The fraction of sp³-hybridized carbons (Fsp3) is 0.273. The van der Waals surface area contributed by atoms with E-state index >= 15 is 0 Å². The second-order valence-corrected chi connectivity index (χ2v) is 9.28.